The number of imidazole rings is 1. The number of aliphatic imine (C=N–C) groups is 1. The van der Waals surface area contributed by atoms with Crippen LogP contribution in [0.25, 0.3) is 11.0 Å². The molecule has 1 aliphatic heterocycles. The number of phenolic OH excluding ortho intramolecular Hbond substituents is 1. The molecule has 126 valence electrons. The summed E-state index contributed by atoms with van der Waals surface area (Å²) < 4.78 is 1.94. The molecule has 0 saturated carbocycles. The van der Waals surface area contributed by atoms with Gasteiger partial charge in [-0.1, -0.05) is 12.1 Å². The van der Waals surface area contributed by atoms with Crippen molar-refractivity contribution in [3.63, 3.8) is 0 Å². The van der Waals surface area contributed by atoms with Gasteiger partial charge in [-0.25, -0.2) is 9.98 Å². The van der Waals surface area contributed by atoms with Gasteiger partial charge in [0, 0.05) is 17.7 Å². The maximum absolute atomic E-state index is 11.2. The number of guanidine groups is 1. The minimum atomic E-state index is -0.792. The van der Waals surface area contributed by atoms with Crippen LogP contribution in [-0.4, -0.2) is 25.5 Å². The Hall–Kier alpha value is -3.14. The second-order valence-electron chi connectivity index (χ2n) is 5.43. The Morgan fingerprint density at radius 1 is 1.36 bits per heavy atom. The molecule has 1 atom stereocenters. The van der Waals surface area contributed by atoms with E-state index in [9.17, 15) is 15.2 Å². The number of nitro groups is 1. The van der Waals surface area contributed by atoms with Gasteiger partial charge in [0.1, 0.15) is 5.75 Å². The van der Waals surface area contributed by atoms with Crippen LogP contribution in [0.4, 0.5) is 11.6 Å². The summed E-state index contributed by atoms with van der Waals surface area (Å²) in [4.78, 5) is 19.4. The van der Waals surface area contributed by atoms with Crippen LogP contribution in [0.15, 0.2) is 45.9 Å². The number of anilines is 1. The van der Waals surface area contributed by atoms with Gasteiger partial charge in [0.25, 0.3) is 5.69 Å². The molecule has 10 heteroatoms. The number of fused-ring (bicyclic) bond motifs is 3. The number of benzene rings is 2. The molecule has 0 radical (unpaired) electrons. The molecular formula is C15H11BrN6O3. The topological polar surface area (TPSA) is 132 Å². The molecule has 1 aromatic heterocycles. The Kier molecular flexibility index (Phi) is 3.35. The first-order chi connectivity index (χ1) is 12.0. The van der Waals surface area contributed by atoms with E-state index in [1.165, 1.54) is 12.1 Å². The second-order valence-corrected chi connectivity index (χ2v) is 6.28. The number of nitrogens with two attached hydrogens (primary N) is 1. The average molecular weight is 403 g/mol. The number of phenols is 1. The number of rotatable bonds is 2. The monoisotopic (exact) mass is 402 g/mol. The number of nitro benzene ring substituents is 1. The number of aromatic nitrogens is 2. The van der Waals surface area contributed by atoms with Crippen LogP contribution in [0, 0.1) is 10.1 Å². The van der Waals surface area contributed by atoms with Crippen molar-refractivity contribution >= 4 is 44.6 Å². The van der Waals surface area contributed by atoms with Crippen molar-refractivity contribution in [3.05, 3.63) is 56.5 Å². The summed E-state index contributed by atoms with van der Waals surface area (Å²) >= 11 is 3.15. The van der Waals surface area contributed by atoms with E-state index < -0.39 is 11.1 Å². The van der Waals surface area contributed by atoms with E-state index in [-0.39, 0.29) is 27.4 Å². The summed E-state index contributed by atoms with van der Waals surface area (Å²) in [6.07, 6.45) is -0.792. The molecule has 1 aliphatic rings. The van der Waals surface area contributed by atoms with E-state index in [0.29, 0.717) is 11.5 Å². The fourth-order valence-corrected chi connectivity index (χ4v) is 3.30. The van der Waals surface area contributed by atoms with E-state index in [1.54, 1.807) is 4.57 Å². The van der Waals surface area contributed by atoms with E-state index in [4.69, 9.17) is 5.73 Å². The van der Waals surface area contributed by atoms with Gasteiger partial charge in [0.2, 0.25) is 5.95 Å². The quantitative estimate of drug-likeness (QED) is 0.445. The highest BCUT2D eigenvalue weighted by Gasteiger charge is 2.29. The zero-order valence-corrected chi connectivity index (χ0v) is 14.1. The number of aromatic hydroxyl groups is 1. The Morgan fingerprint density at radius 3 is 2.88 bits per heavy atom. The van der Waals surface area contributed by atoms with Crippen molar-refractivity contribution < 1.29 is 10.0 Å². The van der Waals surface area contributed by atoms with Crippen molar-refractivity contribution in [2.45, 2.75) is 6.17 Å². The maximum atomic E-state index is 11.2. The lowest BCUT2D eigenvalue weighted by Crippen LogP contribution is -2.31. The van der Waals surface area contributed by atoms with E-state index in [1.807, 2.05) is 24.3 Å². The zero-order chi connectivity index (χ0) is 17.7. The Morgan fingerprint density at radius 2 is 2.12 bits per heavy atom. The standard InChI is InChI=1S/C15H11BrN6O3/c16-9-6-7(22(24)25)5-8(12(9)23)13-19-14(17)20-15-18-10-3-1-2-4-11(10)21(13)15/h1-6,13,23H,(H3,17,18,19,20)/t13-/m1/s1. The highest BCUT2D eigenvalue weighted by atomic mass is 79.9. The minimum absolute atomic E-state index is 0.106. The van der Waals surface area contributed by atoms with Crippen LogP contribution in [0.5, 0.6) is 5.75 Å². The molecular weight excluding hydrogens is 392 g/mol. The molecule has 0 unspecified atom stereocenters. The van der Waals surface area contributed by atoms with Crippen LogP contribution >= 0.6 is 15.9 Å². The summed E-state index contributed by atoms with van der Waals surface area (Å²) in [5.74, 6) is 0.411. The molecule has 2 aromatic carbocycles. The Labute approximate surface area is 149 Å². The summed E-state index contributed by atoms with van der Waals surface area (Å²) in [6, 6.07) is 9.90. The van der Waals surface area contributed by atoms with Gasteiger partial charge in [-0.3, -0.25) is 20.0 Å². The van der Waals surface area contributed by atoms with Gasteiger partial charge < -0.3 is 10.8 Å². The van der Waals surface area contributed by atoms with Gasteiger partial charge in [-0.05, 0) is 28.1 Å². The fraction of sp³-hybridized carbons (Fsp3) is 0.0667. The Balaban J connectivity index is 2.00. The van der Waals surface area contributed by atoms with Gasteiger partial charge in [0.15, 0.2) is 12.1 Å². The third kappa shape index (κ3) is 2.38. The molecule has 0 saturated heterocycles. The van der Waals surface area contributed by atoms with Crippen molar-refractivity contribution in [1.82, 2.24) is 9.55 Å². The van der Waals surface area contributed by atoms with Crippen molar-refractivity contribution in [2.75, 3.05) is 5.32 Å². The molecule has 25 heavy (non-hydrogen) atoms. The van der Waals surface area contributed by atoms with Crippen LogP contribution < -0.4 is 11.1 Å². The second kappa shape index (κ2) is 5.45. The lowest BCUT2D eigenvalue weighted by Gasteiger charge is -2.24. The normalized spacial score (nSPS) is 16.2. The summed E-state index contributed by atoms with van der Waals surface area (Å²) in [5.41, 5.74) is 7.39. The molecule has 0 amide bonds. The van der Waals surface area contributed by atoms with Crippen LogP contribution in [0.3, 0.4) is 0 Å². The number of halogens is 1. The van der Waals surface area contributed by atoms with Crippen molar-refractivity contribution in [3.8, 4) is 5.75 Å². The number of hydrogen-bond donors (Lipinski definition) is 3. The third-order valence-electron chi connectivity index (χ3n) is 3.91. The molecule has 3 aromatic rings. The predicted octanol–water partition coefficient (Wildman–Crippen LogP) is 2.70. The van der Waals surface area contributed by atoms with Crippen LogP contribution in [0.2, 0.25) is 0 Å². The van der Waals surface area contributed by atoms with E-state index in [2.05, 4.69) is 31.2 Å². The van der Waals surface area contributed by atoms with E-state index in [0.717, 1.165) is 5.52 Å². The minimum Gasteiger partial charge on any atom is -0.506 e. The first-order valence-corrected chi connectivity index (χ1v) is 7.99. The van der Waals surface area contributed by atoms with Crippen LogP contribution in [-0.2, 0) is 0 Å². The number of nitrogens with zero attached hydrogens (tertiary/aromatic N) is 4. The third-order valence-corrected chi connectivity index (χ3v) is 4.51. The molecule has 0 aliphatic carbocycles. The average Bonchev–Trinajstić information content (AvgIpc) is 2.94. The number of hydrogen-bond acceptors (Lipinski definition) is 7. The highest BCUT2D eigenvalue weighted by Crippen LogP contribution is 2.41. The molecule has 4 rings (SSSR count). The molecule has 0 fully saturated rings. The van der Waals surface area contributed by atoms with E-state index >= 15 is 0 Å². The number of non-ortho nitro benzene ring substituents is 1. The molecule has 0 bridgehead atoms. The lowest BCUT2D eigenvalue weighted by molar-refractivity contribution is -0.385. The molecule has 0 spiro atoms. The zero-order valence-electron chi connectivity index (χ0n) is 12.5. The van der Waals surface area contributed by atoms with Gasteiger partial charge in [-0.2, -0.15) is 0 Å². The van der Waals surface area contributed by atoms with Gasteiger partial charge >= 0.3 is 0 Å². The van der Waals surface area contributed by atoms with Crippen LogP contribution in [0.1, 0.15) is 11.7 Å². The first-order valence-electron chi connectivity index (χ1n) is 7.20. The SMILES string of the molecule is NC1=N[C@@H](c2cc([N+](=O)[O-])cc(Br)c2O)n2c(nc3ccccc32)N1. The lowest BCUT2D eigenvalue weighted by atomic mass is 10.1. The van der Waals surface area contributed by atoms with Crippen molar-refractivity contribution in [2.24, 2.45) is 10.7 Å². The molecule has 2 heterocycles. The Bertz CT molecular complexity index is 1060. The number of para-hydroxylation sites is 2. The summed E-state index contributed by atoms with van der Waals surface area (Å²) in [7, 11) is 0. The highest BCUT2D eigenvalue weighted by molar-refractivity contribution is 9.10. The molecule has 4 N–H and O–H groups in total. The number of nitrogens with one attached hydrogen (secondary N) is 1. The predicted molar refractivity (Wildman–Crippen MR) is 95.6 cm³/mol. The molecule has 9 nitrogen and oxygen atoms in total. The van der Waals surface area contributed by atoms with Crippen molar-refractivity contribution in [1.29, 1.82) is 0 Å². The van der Waals surface area contributed by atoms with Gasteiger partial charge in [-0.15, -0.1) is 0 Å². The smallest absolute Gasteiger partial charge is 0.271 e. The summed E-state index contributed by atoms with van der Waals surface area (Å²) in [6.45, 7) is 0. The first kappa shape index (κ1) is 15.4. The van der Waals surface area contributed by atoms with Gasteiger partial charge in [0.05, 0.1) is 20.4 Å². The summed E-state index contributed by atoms with van der Waals surface area (Å²) in [5, 5.41) is 24.5. The fourth-order valence-electron chi connectivity index (χ4n) is 2.83. The largest absolute Gasteiger partial charge is 0.506 e. The maximum Gasteiger partial charge on any atom is 0.271 e.